The molecule has 5 aromatic rings. The van der Waals surface area contributed by atoms with Gasteiger partial charge in [0.05, 0.1) is 22.2 Å². The molecule has 2 aromatic carbocycles. The molecule has 2 aliphatic carbocycles. The van der Waals surface area contributed by atoms with Gasteiger partial charge in [0.25, 0.3) is 11.8 Å². The smallest absolute Gasteiger partial charge is 0.413 e. The van der Waals surface area contributed by atoms with Gasteiger partial charge in [-0.2, -0.15) is 26.3 Å². The molecule has 296 valence electrons. The molecule has 0 bridgehead atoms. The summed E-state index contributed by atoms with van der Waals surface area (Å²) in [5.41, 5.74) is 7.27. The fourth-order valence-corrected chi connectivity index (χ4v) is 6.36. The second kappa shape index (κ2) is 16.3. The van der Waals surface area contributed by atoms with Gasteiger partial charge in [0.1, 0.15) is 0 Å². The Kier molecular flexibility index (Phi) is 11.9. The van der Waals surface area contributed by atoms with Crippen LogP contribution in [0.3, 0.4) is 0 Å². The summed E-state index contributed by atoms with van der Waals surface area (Å²) in [5, 5.41) is 13.1. The fourth-order valence-electron chi connectivity index (χ4n) is 6.36. The first-order valence-electron chi connectivity index (χ1n) is 17.0. The molecule has 0 atom stereocenters. The quantitative estimate of drug-likeness (QED) is 0.0903. The Bertz CT molecular complexity index is 2130. The number of hydrazine groups is 1. The number of aromatic nitrogens is 6. The van der Waals surface area contributed by atoms with Crippen LogP contribution in [0.5, 0.6) is 0 Å². The van der Waals surface area contributed by atoms with Crippen molar-refractivity contribution >= 4 is 23.7 Å². The molecule has 0 saturated heterocycles. The summed E-state index contributed by atoms with van der Waals surface area (Å²) < 4.78 is 78.7. The predicted molar refractivity (Wildman–Crippen MR) is 191 cm³/mol. The molecule has 19 heteroatoms. The second-order valence-electron chi connectivity index (χ2n) is 13.2. The van der Waals surface area contributed by atoms with Crippen LogP contribution >= 0.6 is 0 Å². The maximum absolute atomic E-state index is 12.6. The molecular weight excluding hydrogens is 746 g/mol. The van der Waals surface area contributed by atoms with Crippen LogP contribution in [-0.2, 0) is 22.0 Å². The summed E-state index contributed by atoms with van der Waals surface area (Å²) in [6, 6.07) is 16.2. The highest BCUT2D eigenvalue weighted by Crippen LogP contribution is 2.46. The minimum absolute atomic E-state index is 0. The van der Waals surface area contributed by atoms with Crippen LogP contribution < -0.4 is 21.5 Å². The molecule has 4 N–H and O–H groups in total. The maximum atomic E-state index is 12.6. The van der Waals surface area contributed by atoms with Crippen LogP contribution in [0.1, 0.15) is 84.5 Å². The van der Waals surface area contributed by atoms with Crippen molar-refractivity contribution < 1.29 is 40.3 Å². The molecule has 2 aliphatic rings. The van der Waals surface area contributed by atoms with E-state index in [0.717, 1.165) is 49.7 Å². The van der Waals surface area contributed by atoms with E-state index in [0.29, 0.717) is 11.9 Å². The average molecular weight is 785 g/mol. The number of nitrogens with zero attached hydrogens (tertiary/aromatic N) is 6. The number of hydrogen-bond acceptors (Lipinski definition) is 11. The molecule has 2 fully saturated rings. The zero-order valence-corrected chi connectivity index (χ0v) is 29.3. The number of carbonyl (C=O) groups excluding carboxylic acids is 2. The van der Waals surface area contributed by atoms with Crippen molar-refractivity contribution in [2.24, 2.45) is 0 Å². The SMILES string of the molecule is C.Cc1ccccc1C1(Nc2ncc(-c3nnc(C(F)(F)F)o3)cn2)CCC1.Cc1ccccc1C1(Nc2ncc(C(=O)NNC(=O)C(F)(F)F)cn2)CCC1. The van der Waals surface area contributed by atoms with Gasteiger partial charge in [-0.05, 0) is 74.6 Å². The number of amides is 2. The van der Waals surface area contributed by atoms with E-state index < -0.39 is 30.1 Å². The van der Waals surface area contributed by atoms with Crippen LogP contribution in [0.4, 0.5) is 38.2 Å². The molecule has 3 aromatic heterocycles. The zero-order valence-electron chi connectivity index (χ0n) is 29.3. The Morgan fingerprint density at radius 3 is 1.54 bits per heavy atom. The van der Waals surface area contributed by atoms with E-state index in [9.17, 15) is 35.9 Å². The summed E-state index contributed by atoms with van der Waals surface area (Å²) in [4.78, 5) is 39.1. The van der Waals surface area contributed by atoms with Crippen molar-refractivity contribution in [2.45, 2.75) is 83.2 Å². The van der Waals surface area contributed by atoms with Crippen molar-refractivity contribution in [3.05, 3.63) is 107 Å². The lowest BCUT2D eigenvalue weighted by Crippen LogP contribution is -2.47. The van der Waals surface area contributed by atoms with E-state index in [1.54, 1.807) is 5.43 Å². The highest BCUT2D eigenvalue weighted by Gasteiger charge is 2.42. The number of aryl methyl sites for hydroxylation is 2. The molecule has 0 radical (unpaired) electrons. The van der Waals surface area contributed by atoms with E-state index in [4.69, 9.17) is 0 Å². The number of halogens is 6. The van der Waals surface area contributed by atoms with Crippen LogP contribution in [0.2, 0.25) is 0 Å². The Balaban J connectivity index is 0.000000211. The third-order valence-corrected chi connectivity index (χ3v) is 9.46. The Morgan fingerprint density at radius 2 is 1.14 bits per heavy atom. The Labute approximate surface area is 317 Å². The second-order valence-corrected chi connectivity index (χ2v) is 13.2. The number of alkyl halides is 6. The van der Waals surface area contributed by atoms with Crippen molar-refractivity contribution in [2.75, 3.05) is 10.6 Å². The molecule has 7 rings (SSSR count). The van der Waals surface area contributed by atoms with Gasteiger partial charge in [-0.15, -0.1) is 10.2 Å². The average Bonchev–Trinajstić information content (AvgIpc) is 3.63. The normalized spacial score (nSPS) is 15.4. The molecule has 13 nitrogen and oxygen atoms in total. The van der Waals surface area contributed by atoms with E-state index in [2.05, 4.69) is 64.2 Å². The third-order valence-electron chi connectivity index (χ3n) is 9.46. The summed E-state index contributed by atoms with van der Waals surface area (Å²) in [5.74, 6) is -4.19. The van der Waals surface area contributed by atoms with E-state index in [1.165, 1.54) is 41.3 Å². The lowest BCUT2D eigenvalue weighted by atomic mass is 9.70. The van der Waals surface area contributed by atoms with Gasteiger partial charge in [0.2, 0.25) is 11.9 Å². The van der Waals surface area contributed by atoms with Crippen LogP contribution in [0, 0.1) is 13.8 Å². The van der Waals surface area contributed by atoms with Gasteiger partial charge in [-0.1, -0.05) is 56.0 Å². The maximum Gasteiger partial charge on any atom is 0.472 e. The summed E-state index contributed by atoms with van der Waals surface area (Å²) >= 11 is 0. The number of hydrogen-bond donors (Lipinski definition) is 4. The first-order chi connectivity index (χ1) is 26.1. The first-order valence-corrected chi connectivity index (χ1v) is 17.0. The van der Waals surface area contributed by atoms with Crippen molar-refractivity contribution in [3.63, 3.8) is 0 Å². The standard InChI is InChI=1S/C18H18F3N5O2.C18H16F3N5O.CH4/c1-11-5-2-3-6-13(11)17(7-4-8-17)24-16-22-9-12(10-23-16)14(27)25-26-15(28)18(19,20)21;1-11-5-2-3-6-13(11)17(7-4-8-17)24-16-22-9-12(10-23-16)14-25-26-15(27-14)18(19,20)21;/h2-3,5-6,9-10H,4,7-8H2,1H3,(H,25,27)(H,26,28)(H,22,23,24);2-3,5-6,9-10H,4,7-8H2,1H3,(H,22,23,24);1H4. The summed E-state index contributed by atoms with van der Waals surface area (Å²) in [7, 11) is 0. The molecule has 0 aliphatic heterocycles. The van der Waals surface area contributed by atoms with Gasteiger partial charge in [-0.3, -0.25) is 20.4 Å². The summed E-state index contributed by atoms with van der Waals surface area (Å²) in [6.45, 7) is 4.09. The van der Waals surface area contributed by atoms with Crippen molar-refractivity contribution in [1.29, 1.82) is 0 Å². The predicted octanol–water partition coefficient (Wildman–Crippen LogP) is 7.58. The molecule has 2 amide bonds. The Hall–Kier alpha value is -6.14. The van der Waals surface area contributed by atoms with Gasteiger partial charge in [0.15, 0.2) is 0 Å². The van der Waals surface area contributed by atoms with Gasteiger partial charge in [-0.25, -0.2) is 19.9 Å². The fraction of sp³-hybridized carbons (Fsp3) is 0.351. The number of rotatable bonds is 8. The lowest BCUT2D eigenvalue weighted by Gasteiger charge is -2.44. The molecule has 2 saturated carbocycles. The highest BCUT2D eigenvalue weighted by atomic mass is 19.4. The minimum atomic E-state index is -5.09. The molecule has 0 unspecified atom stereocenters. The molecular formula is C37H38F6N10O3. The third kappa shape index (κ3) is 9.03. The number of carbonyl (C=O) groups is 2. The lowest BCUT2D eigenvalue weighted by molar-refractivity contribution is -0.174. The molecule has 0 spiro atoms. The van der Waals surface area contributed by atoms with Gasteiger partial charge >= 0.3 is 24.2 Å². The van der Waals surface area contributed by atoms with Crippen LogP contribution in [0.25, 0.3) is 11.5 Å². The summed E-state index contributed by atoms with van der Waals surface area (Å²) in [6.07, 6.45) is 1.21. The van der Waals surface area contributed by atoms with E-state index in [-0.39, 0.29) is 35.5 Å². The largest absolute Gasteiger partial charge is 0.472 e. The van der Waals surface area contributed by atoms with Gasteiger partial charge < -0.3 is 15.1 Å². The van der Waals surface area contributed by atoms with Gasteiger partial charge in [0, 0.05) is 24.8 Å². The number of benzene rings is 2. The van der Waals surface area contributed by atoms with Crippen molar-refractivity contribution in [3.8, 4) is 11.5 Å². The minimum Gasteiger partial charge on any atom is -0.413 e. The monoisotopic (exact) mass is 784 g/mol. The highest BCUT2D eigenvalue weighted by molar-refractivity contribution is 5.95. The Morgan fingerprint density at radius 1 is 0.679 bits per heavy atom. The number of nitrogens with one attached hydrogen (secondary N) is 4. The van der Waals surface area contributed by atoms with Crippen LogP contribution in [-0.4, -0.2) is 48.1 Å². The molecule has 56 heavy (non-hydrogen) atoms. The van der Waals surface area contributed by atoms with E-state index in [1.807, 2.05) is 43.3 Å². The van der Waals surface area contributed by atoms with Crippen molar-refractivity contribution in [1.82, 2.24) is 41.0 Å². The zero-order chi connectivity index (χ0) is 39.4. The molecule has 3 heterocycles. The van der Waals surface area contributed by atoms with Crippen LogP contribution in [0.15, 0.2) is 77.7 Å². The van der Waals surface area contributed by atoms with E-state index >= 15 is 0 Å². The first kappa shape index (κ1) is 41.0. The topological polar surface area (TPSA) is 173 Å². The number of anilines is 2.